The van der Waals surface area contributed by atoms with E-state index >= 15 is 0 Å². The summed E-state index contributed by atoms with van der Waals surface area (Å²) in [6, 6.07) is 4.15. The number of anilines is 1. The van der Waals surface area contributed by atoms with Gasteiger partial charge in [-0.25, -0.2) is 4.79 Å². The molecule has 0 aliphatic heterocycles. The van der Waals surface area contributed by atoms with Crippen LogP contribution in [0, 0.1) is 16.0 Å². The normalized spacial score (nSPS) is 10.4. The van der Waals surface area contributed by atoms with E-state index in [1.54, 1.807) is 6.07 Å². The van der Waals surface area contributed by atoms with E-state index < -0.39 is 10.9 Å². The summed E-state index contributed by atoms with van der Waals surface area (Å²) in [5, 5.41) is 19.7. The van der Waals surface area contributed by atoms with Crippen LogP contribution in [0.25, 0.3) is 0 Å². The first-order chi connectivity index (χ1) is 8.32. The van der Waals surface area contributed by atoms with Crippen LogP contribution in [0.5, 0.6) is 0 Å². The van der Waals surface area contributed by atoms with Crippen LogP contribution in [0.1, 0.15) is 24.2 Å². The van der Waals surface area contributed by atoms with Gasteiger partial charge in [0.1, 0.15) is 5.56 Å². The quantitative estimate of drug-likeness (QED) is 0.642. The summed E-state index contributed by atoms with van der Waals surface area (Å²) in [4.78, 5) is 22.9. The molecule has 0 saturated heterocycles. The Hall–Kier alpha value is -2.11. The van der Waals surface area contributed by atoms with Gasteiger partial charge in [0.25, 0.3) is 5.69 Å². The van der Waals surface area contributed by atoms with Crippen LogP contribution >= 0.6 is 0 Å². The molecular formula is C12H16N2O4. The second-order valence-electron chi connectivity index (χ2n) is 4.54. The lowest BCUT2D eigenvalue weighted by Gasteiger charge is -2.21. The summed E-state index contributed by atoms with van der Waals surface area (Å²) in [6.45, 7) is 4.82. The SMILES string of the molecule is CC(C)CN(C)c1ccc(C(=O)O)c([N+](=O)[O-])c1. The topological polar surface area (TPSA) is 83.7 Å². The number of nitrogens with zero attached hydrogens (tertiary/aromatic N) is 2. The first kappa shape index (κ1) is 14.0. The summed E-state index contributed by atoms with van der Waals surface area (Å²) in [5.41, 5.74) is -0.0299. The van der Waals surface area contributed by atoms with Gasteiger partial charge in [0, 0.05) is 25.3 Å². The second kappa shape index (κ2) is 5.48. The van der Waals surface area contributed by atoms with Crippen molar-refractivity contribution >= 4 is 17.3 Å². The average molecular weight is 252 g/mol. The van der Waals surface area contributed by atoms with Gasteiger partial charge in [0.2, 0.25) is 0 Å². The van der Waals surface area contributed by atoms with Crippen molar-refractivity contribution in [1.29, 1.82) is 0 Å². The molecule has 0 bridgehead atoms. The van der Waals surface area contributed by atoms with E-state index in [-0.39, 0.29) is 11.3 Å². The maximum absolute atomic E-state index is 10.9. The zero-order chi connectivity index (χ0) is 13.9. The lowest BCUT2D eigenvalue weighted by atomic mass is 10.1. The molecule has 0 fully saturated rings. The van der Waals surface area contributed by atoms with Gasteiger partial charge in [-0.3, -0.25) is 10.1 Å². The first-order valence-corrected chi connectivity index (χ1v) is 5.55. The zero-order valence-corrected chi connectivity index (χ0v) is 10.6. The molecule has 6 heteroatoms. The fourth-order valence-electron chi connectivity index (χ4n) is 1.74. The molecule has 0 saturated carbocycles. The highest BCUT2D eigenvalue weighted by Gasteiger charge is 2.21. The average Bonchev–Trinajstić information content (AvgIpc) is 2.26. The van der Waals surface area contributed by atoms with Crippen molar-refractivity contribution < 1.29 is 14.8 Å². The number of nitro benzene ring substituents is 1. The Labute approximate surface area is 105 Å². The molecule has 1 N–H and O–H groups in total. The van der Waals surface area contributed by atoms with E-state index in [2.05, 4.69) is 0 Å². The molecule has 0 atom stereocenters. The maximum atomic E-state index is 10.9. The molecule has 1 aromatic rings. The summed E-state index contributed by atoms with van der Waals surface area (Å²) in [6.07, 6.45) is 0. The predicted molar refractivity (Wildman–Crippen MR) is 68.2 cm³/mol. The van der Waals surface area contributed by atoms with E-state index in [4.69, 9.17) is 5.11 Å². The summed E-state index contributed by atoms with van der Waals surface area (Å²) in [7, 11) is 1.82. The molecule has 0 unspecified atom stereocenters. The minimum Gasteiger partial charge on any atom is -0.477 e. The lowest BCUT2D eigenvalue weighted by Crippen LogP contribution is -2.22. The van der Waals surface area contributed by atoms with Crippen LogP contribution in [0.2, 0.25) is 0 Å². The standard InChI is InChI=1S/C12H16N2O4/c1-8(2)7-13(3)9-4-5-10(12(15)16)11(6-9)14(17)18/h4-6,8H,7H2,1-3H3,(H,15,16). The fraction of sp³-hybridized carbons (Fsp3) is 0.417. The van der Waals surface area contributed by atoms with Gasteiger partial charge in [0.15, 0.2) is 0 Å². The van der Waals surface area contributed by atoms with E-state index in [1.807, 2.05) is 25.8 Å². The van der Waals surface area contributed by atoms with Crippen molar-refractivity contribution in [2.75, 3.05) is 18.5 Å². The molecule has 98 valence electrons. The van der Waals surface area contributed by atoms with E-state index in [1.165, 1.54) is 12.1 Å². The molecule has 0 heterocycles. The van der Waals surface area contributed by atoms with Crippen LogP contribution in [0.3, 0.4) is 0 Å². The predicted octanol–water partition coefficient (Wildman–Crippen LogP) is 2.39. The molecule has 0 aliphatic carbocycles. The van der Waals surface area contributed by atoms with Crippen molar-refractivity contribution in [2.24, 2.45) is 5.92 Å². The molecule has 0 aromatic heterocycles. The van der Waals surface area contributed by atoms with Crippen molar-refractivity contribution in [3.63, 3.8) is 0 Å². The summed E-state index contributed by atoms with van der Waals surface area (Å²) >= 11 is 0. The number of rotatable bonds is 5. The number of carboxylic acids is 1. The molecule has 0 spiro atoms. The molecule has 0 aliphatic rings. The number of hydrogen-bond donors (Lipinski definition) is 1. The molecule has 18 heavy (non-hydrogen) atoms. The van der Waals surface area contributed by atoms with Crippen molar-refractivity contribution in [3.8, 4) is 0 Å². The Morgan fingerprint density at radius 3 is 2.56 bits per heavy atom. The second-order valence-corrected chi connectivity index (χ2v) is 4.54. The van der Waals surface area contributed by atoms with E-state index in [9.17, 15) is 14.9 Å². The van der Waals surface area contributed by atoms with Gasteiger partial charge >= 0.3 is 5.97 Å². The fourth-order valence-corrected chi connectivity index (χ4v) is 1.74. The number of hydrogen-bond acceptors (Lipinski definition) is 4. The minimum absolute atomic E-state index is 0.290. The van der Waals surface area contributed by atoms with Crippen LogP contribution in [0.15, 0.2) is 18.2 Å². The third kappa shape index (κ3) is 3.19. The monoisotopic (exact) mass is 252 g/mol. The van der Waals surface area contributed by atoms with Gasteiger partial charge < -0.3 is 10.0 Å². The van der Waals surface area contributed by atoms with Gasteiger partial charge in [-0.2, -0.15) is 0 Å². The molecular weight excluding hydrogens is 236 g/mol. The summed E-state index contributed by atoms with van der Waals surface area (Å²) < 4.78 is 0. The lowest BCUT2D eigenvalue weighted by molar-refractivity contribution is -0.385. The van der Waals surface area contributed by atoms with E-state index in [0.29, 0.717) is 11.6 Å². The Kier molecular flexibility index (Phi) is 4.25. The third-order valence-electron chi connectivity index (χ3n) is 2.49. The van der Waals surface area contributed by atoms with Crippen LogP contribution in [-0.2, 0) is 0 Å². The highest BCUT2D eigenvalue weighted by Crippen LogP contribution is 2.25. The highest BCUT2D eigenvalue weighted by molar-refractivity contribution is 5.93. The number of benzene rings is 1. The molecule has 6 nitrogen and oxygen atoms in total. The Bertz CT molecular complexity index is 471. The Morgan fingerprint density at radius 2 is 2.11 bits per heavy atom. The Morgan fingerprint density at radius 1 is 1.50 bits per heavy atom. The molecule has 1 aromatic carbocycles. The largest absolute Gasteiger partial charge is 0.477 e. The van der Waals surface area contributed by atoms with Crippen LogP contribution in [0.4, 0.5) is 11.4 Å². The molecule has 0 radical (unpaired) electrons. The van der Waals surface area contributed by atoms with Crippen molar-refractivity contribution in [1.82, 2.24) is 0 Å². The number of carbonyl (C=O) groups is 1. The van der Waals surface area contributed by atoms with Gasteiger partial charge in [-0.1, -0.05) is 13.8 Å². The third-order valence-corrected chi connectivity index (χ3v) is 2.49. The molecule has 0 amide bonds. The highest BCUT2D eigenvalue weighted by atomic mass is 16.6. The smallest absolute Gasteiger partial charge is 0.342 e. The maximum Gasteiger partial charge on any atom is 0.342 e. The zero-order valence-electron chi connectivity index (χ0n) is 10.6. The molecule has 1 rings (SSSR count). The van der Waals surface area contributed by atoms with E-state index in [0.717, 1.165) is 6.54 Å². The van der Waals surface area contributed by atoms with Gasteiger partial charge in [-0.15, -0.1) is 0 Å². The first-order valence-electron chi connectivity index (χ1n) is 5.55. The number of carboxylic acid groups (broad SMARTS) is 1. The van der Waals surface area contributed by atoms with Gasteiger partial charge in [-0.05, 0) is 18.1 Å². The number of nitro groups is 1. The minimum atomic E-state index is -1.29. The van der Waals surface area contributed by atoms with Crippen molar-refractivity contribution in [2.45, 2.75) is 13.8 Å². The van der Waals surface area contributed by atoms with Crippen molar-refractivity contribution in [3.05, 3.63) is 33.9 Å². The van der Waals surface area contributed by atoms with Gasteiger partial charge in [0.05, 0.1) is 4.92 Å². The summed E-state index contributed by atoms with van der Waals surface area (Å²) in [5.74, 6) is -0.882. The van der Waals surface area contributed by atoms with Crippen LogP contribution < -0.4 is 4.90 Å². The Balaban J connectivity index is 3.15. The van der Waals surface area contributed by atoms with Crippen LogP contribution in [-0.4, -0.2) is 29.6 Å². The number of aromatic carboxylic acids is 1.